The van der Waals surface area contributed by atoms with Crippen LogP contribution in [0.3, 0.4) is 0 Å². The average Bonchev–Trinajstić information content (AvgIpc) is 2.45. The predicted molar refractivity (Wildman–Crippen MR) is 82.0 cm³/mol. The Hall–Kier alpha value is -2.55. The third-order valence-corrected chi connectivity index (χ3v) is 3.17. The smallest absolute Gasteiger partial charge is 0.238 e. The van der Waals surface area contributed by atoms with E-state index in [-0.39, 0.29) is 57.7 Å². The van der Waals surface area contributed by atoms with Gasteiger partial charge in [0.1, 0.15) is 22.5 Å². The van der Waals surface area contributed by atoms with Gasteiger partial charge in [-0.05, 0) is 18.2 Å². The molecule has 4 radical (unpaired) electrons. The molecule has 0 saturated carbocycles. The largest absolute Gasteiger partial charge is 0.508 e. The molecule has 8 heteroatoms. The van der Waals surface area contributed by atoms with Crippen LogP contribution in [0.1, 0.15) is 0 Å². The summed E-state index contributed by atoms with van der Waals surface area (Å²) >= 11 is 0. The van der Waals surface area contributed by atoms with Crippen LogP contribution in [0.2, 0.25) is 0 Å². The van der Waals surface area contributed by atoms with Crippen molar-refractivity contribution in [1.29, 1.82) is 0 Å². The summed E-state index contributed by atoms with van der Waals surface area (Å²) in [5.41, 5.74) is -0.890. The molecular formula is C15H10O7Sn. The normalized spacial score (nSPS) is 10.4. The van der Waals surface area contributed by atoms with Gasteiger partial charge in [0, 0.05) is 41.6 Å². The molecule has 5 N–H and O–H groups in total. The van der Waals surface area contributed by atoms with Gasteiger partial charge in [-0.3, -0.25) is 4.79 Å². The number of fused-ring (bicyclic) bond motifs is 1. The van der Waals surface area contributed by atoms with E-state index in [9.17, 15) is 30.3 Å². The van der Waals surface area contributed by atoms with E-state index in [1.165, 1.54) is 6.07 Å². The first-order valence-corrected chi connectivity index (χ1v) is 6.12. The minimum Gasteiger partial charge on any atom is -0.508 e. The number of hydrogen-bond acceptors (Lipinski definition) is 7. The fourth-order valence-corrected chi connectivity index (χ4v) is 2.14. The zero-order valence-electron chi connectivity index (χ0n) is 11.4. The summed E-state index contributed by atoms with van der Waals surface area (Å²) in [4.78, 5) is 12.1. The Morgan fingerprint density at radius 1 is 0.826 bits per heavy atom. The summed E-state index contributed by atoms with van der Waals surface area (Å²) in [6, 6.07) is 5.64. The minimum absolute atomic E-state index is 0. The Kier molecular flexibility index (Phi) is 4.32. The fraction of sp³-hybridized carbons (Fsp3) is 0. The molecule has 0 aliphatic heterocycles. The fourth-order valence-electron chi connectivity index (χ4n) is 2.14. The Labute approximate surface area is 145 Å². The number of phenols is 4. The number of phenolic OH excluding ortho intramolecular Hbond substituents is 4. The maximum Gasteiger partial charge on any atom is 0.238 e. The minimum atomic E-state index is -0.888. The van der Waals surface area contributed by atoms with Crippen LogP contribution >= 0.6 is 0 Å². The molecule has 1 heterocycles. The van der Waals surface area contributed by atoms with Crippen molar-refractivity contribution in [3.63, 3.8) is 0 Å². The summed E-state index contributed by atoms with van der Waals surface area (Å²) in [5.74, 6) is -2.71. The maximum atomic E-state index is 12.1. The molecule has 0 spiro atoms. The van der Waals surface area contributed by atoms with E-state index < -0.39 is 22.7 Å². The second-order valence-electron chi connectivity index (χ2n) is 4.65. The van der Waals surface area contributed by atoms with E-state index in [1.54, 1.807) is 0 Å². The third-order valence-electron chi connectivity index (χ3n) is 3.17. The summed E-state index contributed by atoms with van der Waals surface area (Å²) in [6.45, 7) is 0. The molecule has 3 aromatic rings. The third kappa shape index (κ3) is 2.74. The molecule has 3 rings (SSSR count). The van der Waals surface area contributed by atoms with Crippen molar-refractivity contribution in [2.24, 2.45) is 0 Å². The number of rotatable bonds is 1. The molecule has 0 amide bonds. The van der Waals surface area contributed by atoms with Crippen LogP contribution in [0.5, 0.6) is 28.7 Å². The molecule has 0 aliphatic carbocycles. The van der Waals surface area contributed by atoms with E-state index in [2.05, 4.69) is 0 Å². The first-order chi connectivity index (χ1) is 10.4. The topological polar surface area (TPSA) is 131 Å². The molecule has 0 unspecified atom stereocenters. The van der Waals surface area contributed by atoms with Crippen molar-refractivity contribution >= 4 is 34.9 Å². The Balaban J connectivity index is 0.00000192. The number of benzene rings is 2. The van der Waals surface area contributed by atoms with Gasteiger partial charge < -0.3 is 29.9 Å². The Morgan fingerprint density at radius 2 is 1.52 bits per heavy atom. The molecule has 2 aromatic carbocycles. The van der Waals surface area contributed by atoms with Gasteiger partial charge in [0.15, 0.2) is 17.3 Å². The van der Waals surface area contributed by atoms with Crippen LogP contribution in [-0.2, 0) is 0 Å². The summed E-state index contributed by atoms with van der Waals surface area (Å²) in [6.07, 6.45) is 0. The maximum absolute atomic E-state index is 12.1. The van der Waals surface area contributed by atoms with Crippen LogP contribution in [0.25, 0.3) is 22.3 Å². The van der Waals surface area contributed by atoms with Crippen LogP contribution < -0.4 is 5.43 Å². The SMILES string of the molecule is O=c1c(O)c(-c2ccc(O)c(O)c2)oc2cc(O)cc(O)c12.[Sn]. The van der Waals surface area contributed by atoms with E-state index in [4.69, 9.17) is 4.42 Å². The van der Waals surface area contributed by atoms with E-state index >= 15 is 0 Å². The molecule has 7 nitrogen and oxygen atoms in total. The van der Waals surface area contributed by atoms with Crippen LogP contribution in [0, 0.1) is 0 Å². The molecule has 0 bridgehead atoms. The summed E-state index contributed by atoms with van der Waals surface area (Å²) < 4.78 is 5.35. The van der Waals surface area contributed by atoms with E-state index in [1.807, 2.05) is 0 Å². The standard InChI is InChI=1S/C15H10O7.Sn/c16-7-4-10(19)12-11(5-7)22-15(14(21)13(12)20)6-1-2-8(17)9(18)3-6;/h1-5,16-19,21H;. The van der Waals surface area contributed by atoms with Crippen molar-refractivity contribution in [2.75, 3.05) is 0 Å². The van der Waals surface area contributed by atoms with Gasteiger partial charge in [0.2, 0.25) is 11.2 Å². The molecule has 1 aromatic heterocycles. The summed E-state index contributed by atoms with van der Waals surface area (Å²) in [5, 5.41) is 47.6. The molecule has 0 fully saturated rings. The molecule has 0 saturated heterocycles. The second-order valence-corrected chi connectivity index (χ2v) is 4.65. The van der Waals surface area contributed by atoms with Gasteiger partial charge in [0.05, 0.1) is 0 Å². The monoisotopic (exact) mass is 422 g/mol. The first kappa shape index (κ1) is 16.8. The van der Waals surface area contributed by atoms with Crippen molar-refractivity contribution in [2.45, 2.75) is 0 Å². The zero-order chi connectivity index (χ0) is 16.0. The van der Waals surface area contributed by atoms with Gasteiger partial charge in [-0.15, -0.1) is 0 Å². The number of aromatic hydroxyl groups is 5. The summed E-state index contributed by atoms with van der Waals surface area (Å²) in [7, 11) is 0. The molecule has 0 atom stereocenters. The van der Waals surface area contributed by atoms with Gasteiger partial charge in [-0.2, -0.15) is 0 Å². The predicted octanol–water partition coefficient (Wildman–Crippen LogP) is 1.61. The van der Waals surface area contributed by atoms with Crippen LogP contribution in [0.15, 0.2) is 39.5 Å². The van der Waals surface area contributed by atoms with Crippen LogP contribution in [0.4, 0.5) is 0 Å². The van der Waals surface area contributed by atoms with Crippen molar-refractivity contribution in [3.05, 3.63) is 40.6 Å². The van der Waals surface area contributed by atoms with Crippen molar-refractivity contribution < 1.29 is 29.9 Å². The van der Waals surface area contributed by atoms with Crippen LogP contribution in [-0.4, -0.2) is 49.4 Å². The number of hydrogen-bond donors (Lipinski definition) is 5. The zero-order valence-corrected chi connectivity index (χ0v) is 14.3. The van der Waals surface area contributed by atoms with Gasteiger partial charge >= 0.3 is 0 Å². The van der Waals surface area contributed by atoms with Gasteiger partial charge in [-0.25, -0.2) is 0 Å². The van der Waals surface area contributed by atoms with Crippen molar-refractivity contribution in [1.82, 2.24) is 0 Å². The second kappa shape index (κ2) is 5.92. The van der Waals surface area contributed by atoms with Gasteiger partial charge in [0.25, 0.3) is 0 Å². The molecular weight excluding hydrogens is 411 g/mol. The van der Waals surface area contributed by atoms with E-state index in [0.29, 0.717) is 0 Å². The van der Waals surface area contributed by atoms with Crippen molar-refractivity contribution in [3.8, 4) is 40.1 Å². The first-order valence-electron chi connectivity index (χ1n) is 6.12. The quantitative estimate of drug-likeness (QED) is 0.298. The Morgan fingerprint density at radius 3 is 2.17 bits per heavy atom. The van der Waals surface area contributed by atoms with Gasteiger partial charge in [-0.1, -0.05) is 0 Å². The molecule has 0 aliphatic rings. The molecule has 23 heavy (non-hydrogen) atoms. The van der Waals surface area contributed by atoms with E-state index in [0.717, 1.165) is 24.3 Å². The average molecular weight is 421 g/mol. The molecule has 116 valence electrons. The Bertz CT molecular complexity index is 962.